The van der Waals surface area contributed by atoms with Crippen molar-refractivity contribution in [3.8, 4) is 0 Å². The zero-order chi connectivity index (χ0) is 15.6. The maximum absolute atomic E-state index is 5.99. The van der Waals surface area contributed by atoms with E-state index in [0.29, 0.717) is 0 Å². The molecule has 0 amide bonds. The van der Waals surface area contributed by atoms with Crippen LogP contribution in [0.3, 0.4) is 0 Å². The molecule has 0 atom stereocenters. The monoisotopic (exact) mass is 449 g/mol. The minimum absolute atomic E-state index is 0. The Kier molecular flexibility index (Phi) is 10.3. The molecule has 23 heavy (non-hydrogen) atoms. The number of hydrogen-bond donors (Lipinski definition) is 2. The smallest absolute Gasteiger partial charge is 0.190 e. The second-order valence-electron chi connectivity index (χ2n) is 5.24. The molecule has 1 heterocycles. The molecule has 1 aromatic carbocycles. The second kappa shape index (κ2) is 11.7. The van der Waals surface area contributed by atoms with Crippen LogP contribution in [0, 0.1) is 0 Å². The SMILES string of the molecule is CN=C(NCCC1=CCOCC1)NCCc1cccc(Cl)c1.I. The highest BCUT2D eigenvalue weighted by Gasteiger charge is 2.04. The Morgan fingerprint density at radius 3 is 2.70 bits per heavy atom. The van der Waals surface area contributed by atoms with Gasteiger partial charge >= 0.3 is 0 Å². The third-order valence-electron chi connectivity index (χ3n) is 3.61. The zero-order valence-corrected chi connectivity index (χ0v) is 16.6. The van der Waals surface area contributed by atoms with Gasteiger partial charge in [0, 0.05) is 25.2 Å². The van der Waals surface area contributed by atoms with Gasteiger partial charge in [-0.2, -0.15) is 0 Å². The summed E-state index contributed by atoms with van der Waals surface area (Å²) in [4.78, 5) is 4.24. The van der Waals surface area contributed by atoms with Crippen LogP contribution in [0.2, 0.25) is 5.02 Å². The van der Waals surface area contributed by atoms with E-state index in [9.17, 15) is 0 Å². The van der Waals surface area contributed by atoms with Gasteiger partial charge in [-0.15, -0.1) is 24.0 Å². The van der Waals surface area contributed by atoms with Crippen LogP contribution in [0.1, 0.15) is 18.4 Å². The molecular formula is C17H25ClIN3O. The number of hydrogen-bond acceptors (Lipinski definition) is 2. The summed E-state index contributed by atoms with van der Waals surface area (Å²) in [5.41, 5.74) is 2.69. The zero-order valence-electron chi connectivity index (χ0n) is 13.5. The van der Waals surface area contributed by atoms with Crippen LogP contribution < -0.4 is 10.6 Å². The highest BCUT2D eigenvalue weighted by Crippen LogP contribution is 2.11. The van der Waals surface area contributed by atoms with Gasteiger partial charge in [0.1, 0.15) is 0 Å². The van der Waals surface area contributed by atoms with E-state index >= 15 is 0 Å². The molecule has 2 rings (SSSR count). The molecule has 4 nitrogen and oxygen atoms in total. The molecule has 0 spiro atoms. The number of aliphatic imine (C=N–C) groups is 1. The van der Waals surface area contributed by atoms with Crippen LogP contribution in [-0.4, -0.2) is 39.3 Å². The van der Waals surface area contributed by atoms with Crippen molar-refractivity contribution < 1.29 is 4.74 Å². The second-order valence-corrected chi connectivity index (χ2v) is 5.68. The van der Waals surface area contributed by atoms with Crippen molar-refractivity contribution in [3.05, 3.63) is 46.5 Å². The molecule has 1 aromatic rings. The molecule has 0 aromatic heterocycles. The maximum atomic E-state index is 5.99. The number of rotatable bonds is 6. The first kappa shape index (κ1) is 20.3. The number of guanidine groups is 1. The Labute approximate surface area is 160 Å². The van der Waals surface area contributed by atoms with Crippen LogP contribution in [0.5, 0.6) is 0 Å². The average molecular weight is 450 g/mol. The Morgan fingerprint density at radius 2 is 2.04 bits per heavy atom. The van der Waals surface area contributed by atoms with Crippen molar-refractivity contribution in [2.45, 2.75) is 19.3 Å². The van der Waals surface area contributed by atoms with Gasteiger partial charge < -0.3 is 15.4 Å². The first-order chi connectivity index (χ1) is 10.8. The van der Waals surface area contributed by atoms with Crippen molar-refractivity contribution in [2.75, 3.05) is 33.4 Å². The van der Waals surface area contributed by atoms with E-state index in [1.54, 1.807) is 7.05 Å². The number of nitrogens with zero attached hydrogens (tertiary/aromatic N) is 1. The summed E-state index contributed by atoms with van der Waals surface area (Å²) in [6, 6.07) is 7.95. The summed E-state index contributed by atoms with van der Waals surface area (Å²) in [5.74, 6) is 0.842. The van der Waals surface area contributed by atoms with E-state index in [4.69, 9.17) is 16.3 Å². The van der Waals surface area contributed by atoms with Gasteiger partial charge in [-0.1, -0.05) is 35.4 Å². The molecule has 1 aliphatic rings. The lowest BCUT2D eigenvalue weighted by atomic mass is 10.1. The van der Waals surface area contributed by atoms with Crippen LogP contribution >= 0.6 is 35.6 Å². The van der Waals surface area contributed by atoms with Gasteiger partial charge in [-0.05, 0) is 37.0 Å². The molecule has 128 valence electrons. The molecule has 1 aliphatic heterocycles. The number of nitrogens with one attached hydrogen (secondary N) is 2. The Morgan fingerprint density at radius 1 is 1.26 bits per heavy atom. The van der Waals surface area contributed by atoms with Gasteiger partial charge in [0.25, 0.3) is 0 Å². The first-order valence-electron chi connectivity index (χ1n) is 7.72. The van der Waals surface area contributed by atoms with Gasteiger partial charge in [-0.25, -0.2) is 0 Å². The average Bonchev–Trinajstić information content (AvgIpc) is 2.54. The minimum atomic E-state index is 0. The Bertz CT molecular complexity index is 534. The van der Waals surface area contributed by atoms with Crippen LogP contribution in [0.25, 0.3) is 0 Å². The van der Waals surface area contributed by atoms with Crippen LogP contribution in [0.4, 0.5) is 0 Å². The molecule has 2 N–H and O–H groups in total. The highest BCUT2D eigenvalue weighted by atomic mass is 127. The van der Waals surface area contributed by atoms with E-state index in [1.165, 1.54) is 11.1 Å². The van der Waals surface area contributed by atoms with Gasteiger partial charge in [0.05, 0.1) is 13.2 Å². The summed E-state index contributed by atoms with van der Waals surface area (Å²) in [7, 11) is 1.79. The number of halogens is 2. The molecule has 0 radical (unpaired) electrons. The topological polar surface area (TPSA) is 45.7 Å². The van der Waals surface area contributed by atoms with Crippen LogP contribution in [0.15, 0.2) is 40.9 Å². The number of ether oxygens (including phenoxy) is 1. The molecule has 0 bridgehead atoms. The van der Waals surface area contributed by atoms with Crippen molar-refractivity contribution in [2.24, 2.45) is 4.99 Å². The maximum Gasteiger partial charge on any atom is 0.190 e. The van der Waals surface area contributed by atoms with E-state index in [-0.39, 0.29) is 24.0 Å². The summed E-state index contributed by atoms with van der Waals surface area (Å²) in [6.45, 7) is 3.32. The Balaban J connectivity index is 0.00000264. The standard InChI is InChI=1S/C17H24ClN3O.HI/c1-19-17(20-9-5-14-7-11-22-12-8-14)21-10-6-15-3-2-4-16(18)13-15;/h2-4,7,13H,5-6,8-12H2,1H3,(H2,19,20,21);1H. The van der Waals surface area contributed by atoms with E-state index in [2.05, 4.69) is 27.8 Å². The molecule has 0 saturated heterocycles. The molecule has 0 unspecified atom stereocenters. The summed E-state index contributed by atoms with van der Waals surface area (Å²) >= 11 is 5.99. The normalized spacial score (nSPS) is 14.7. The molecule has 0 aliphatic carbocycles. The third kappa shape index (κ3) is 8.04. The van der Waals surface area contributed by atoms with Gasteiger partial charge in [0.2, 0.25) is 0 Å². The first-order valence-corrected chi connectivity index (χ1v) is 8.10. The van der Waals surface area contributed by atoms with Crippen molar-refractivity contribution in [3.63, 3.8) is 0 Å². The predicted molar refractivity (Wildman–Crippen MR) is 108 cm³/mol. The van der Waals surface area contributed by atoms with Crippen LogP contribution in [-0.2, 0) is 11.2 Å². The van der Waals surface area contributed by atoms with Gasteiger partial charge in [-0.3, -0.25) is 4.99 Å². The lowest BCUT2D eigenvalue weighted by Gasteiger charge is -2.15. The fourth-order valence-electron chi connectivity index (χ4n) is 2.37. The highest BCUT2D eigenvalue weighted by molar-refractivity contribution is 14.0. The van der Waals surface area contributed by atoms with Crippen molar-refractivity contribution in [1.82, 2.24) is 10.6 Å². The largest absolute Gasteiger partial charge is 0.377 e. The summed E-state index contributed by atoms with van der Waals surface area (Å²) in [6.07, 6.45) is 5.19. The minimum Gasteiger partial charge on any atom is -0.377 e. The van der Waals surface area contributed by atoms with E-state index < -0.39 is 0 Å². The Hall–Kier alpha value is -0.790. The van der Waals surface area contributed by atoms with E-state index in [1.807, 2.05) is 18.2 Å². The summed E-state index contributed by atoms with van der Waals surface area (Å²) in [5, 5.41) is 7.45. The molecule has 0 saturated carbocycles. The lowest BCUT2D eigenvalue weighted by molar-refractivity contribution is 0.153. The lowest BCUT2D eigenvalue weighted by Crippen LogP contribution is -2.38. The third-order valence-corrected chi connectivity index (χ3v) is 3.85. The van der Waals surface area contributed by atoms with Crippen molar-refractivity contribution in [1.29, 1.82) is 0 Å². The number of benzene rings is 1. The predicted octanol–water partition coefficient (Wildman–Crippen LogP) is 3.40. The molecule has 0 fully saturated rings. The molecular weight excluding hydrogens is 425 g/mol. The summed E-state index contributed by atoms with van der Waals surface area (Å²) < 4.78 is 5.31. The van der Waals surface area contributed by atoms with Gasteiger partial charge in [0.15, 0.2) is 5.96 Å². The van der Waals surface area contributed by atoms with Crippen molar-refractivity contribution >= 4 is 41.5 Å². The van der Waals surface area contributed by atoms with E-state index in [0.717, 1.165) is 56.5 Å². The molecule has 6 heteroatoms. The fourth-order valence-corrected chi connectivity index (χ4v) is 2.59. The quantitative estimate of drug-likeness (QED) is 0.303. The fraction of sp³-hybridized carbons (Fsp3) is 0.471.